The zero-order chi connectivity index (χ0) is 22.4. The van der Waals surface area contributed by atoms with E-state index in [1.165, 1.54) is 24.3 Å². The smallest absolute Gasteiger partial charge is 0.494 e. The van der Waals surface area contributed by atoms with Crippen molar-refractivity contribution in [1.29, 1.82) is 0 Å². The summed E-state index contributed by atoms with van der Waals surface area (Å²) >= 11 is 0. The van der Waals surface area contributed by atoms with E-state index in [0.29, 0.717) is 12.4 Å². The van der Waals surface area contributed by atoms with Crippen molar-refractivity contribution in [3.05, 3.63) is 48.5 Å². The molecule has 0 heterocycles. The normalized spacial score (nSPS) is 11.6. The Kier molecular flexibility index (Phi) is 7.54. The van der Waals surface area contributed by atoms with Gasteiger partial charge in [0.15, 0.2) is 0 Å². The first kappa shape index (κ1) is 23.3. The van der Waals surface area contributed by atoms with Crippen LogP contribution >= 0.6 is 0 Å². The van der Waals surface area contributed by atoms with Gasteiger partial charge in [0.1, 0.15) is 18.0 Å². The number of carbonyl (C=O) groups excluding carboxylic acids is 1. The molecular weight excluding hydrogens is 425 g/mol. The second-order valence-corrected chi connectivity index (χ2v) is 8.14. The number of nitrogens with zero attached hydrogens (tertiary/aromatic N) is 1. The Balaban J connectivity index is 2.07. The highest BCUT2D eigenvalue weighted by atomic mass is 32.2. The fourth-order valence-electron chi connectivity index (χ4n) is 2.40. The number of hydrogen-bond acceptors (Lipinski definition) is 5. The van der Waals surface area contributed by atoms with E-state index in [0.717, 1.165) is 29.1 Å². The molecule has 0 saturated heterocycles. The number of benzene rings is 2. The van der Waals surface area contributed by atoms with Gasteiger partial charge in [-0.25, -0.2) is 8.42 Å². The van der Waals surface area contributed by atoms with Crippen LogP contribution in [0.1, 0.15) is 13.3 Å². The van der Waals surface area contributed by atoms with Gasteiger partial charge in [0, 0.05) is 5.69 Å². The third-order valence-electron chi connectivity index (χ3n) is 3.66. The predicted octanol–water partition coefficient (Wildman–Crippen LogP) is 3.78. The number of alkyl halides is 3. The van der Waals surface area contributed by atoms with Crippen LogP contribution in [-0.4, -0.2) is 40.1 Å². The minimum Gasteiger partial charge on any atom is -0.494 e. The highest BCUT2D eigenvalue weighted by Crippen LogP contribution is 2.25. The maximum atomic E-state index is 12.3. The van der Waals surface area contributed by atoms with Gasteiger partial charge in [-0.05, 0) is 55.0 Å². The number of ether oxygens (including phenoxy) is 2. The molecule has 0 aliphatic heterocycles. The van der Waals surface area contributed by atoms with Gasteiger partial charge >= 0.3 is 6.36 Å². The fourth-order valence-corrected chi connectivity index (χ4v) is 3.26. The van der Waals surface area contributed by atoms with Crippen LogP contribution in [0.2, 0.25) is 0 Å². The number of nitrogens with one attached hydrogen (secondary N) is 1. The van der Waals surface area contributed by atoms with E-state index < -0.39 is 34.6 Å². The zero-order valence-electron chi connectivity index (χ0n) is 16.3. The highest BCUT2D eigenvalue weighted by Gasteiger charge is 2.31. The van der Waals surface area contributed by atoms with E-state index in [1.807, 2.05) is 6.92 Å². The van der Waals surface area contributed by atoms with E-state index in [1.54, 1.807) is 12.1 Å². The summed E-state index contributed by atoms with van der Waals surface area (Å²) in [5.74, 6) is -0.542. The average molecular weight is 446 g/mol. The first-order chi connectivity index (χ1) is 14.0. The van der Waals surface area contributed by atoms with Gasteiger partial charge in [0.25, 0.3) is 0 Å². The fraction of sp³-hybridized carbons (Fsp3) is 0.316. The van der Waals surface area contributed by atoms with Crippen LogP contribution in [-0.2, 0) is 14.8 Å². The van der Waals surface area contributed by atoms with E-state index >= 15 is 0 Å². The largest absolute Gasteiger partial charge is 0.573 e. The van der Waals surface area contributed by atoms with E-state index in [4.69, 9.17) is 4.74 Å². The summed E-state index contributed by atoms with van der Waals surface area (Å²) in [6.07, 6.45) is -3.04. The first-order valence-corrected chi connectivity index (χ1v) is 10.7. The lowest BCUT2D eigenvalue weighted by Crippen LogP contribution is -2.37. The van der Waals surface area contributed by atoms with Crippen molar-refractivity contribution in [2.75, 3.05) is 29.0 Å². The number of hydrogen-bond donors (Lipinski definition) is 1. The lowest BCUT2D eigenvalue weighted by atomic mass is 10.3. The van der Waals surface area contributed by atoms with Crippen molar-refractivity contribution in [2.45, 2.75) is 19.7 Å². The van der Waals surface area contributed by atoms with Crippen LogP contribution in [0.3, 0.4) is 0 Å². The molecule has 0 atom stereocenters. The van der Waals surface area contributed by atoms with Gasteiger partial charge in [-0.3, -0.25) is 9.10 Å². The molecule has 7 nitrogen and oxygen atoms in total. The molecular formula is C19H21F3N2O5S. The summed E-state index contributed by atoms with van der Waals surface area (Å²) in [6.45, 7) is 1.95. The molecule has 1 amide bonds. The van der Waals surface area contributed by atoms with Crippen molar-refractivity contribution in [3.63, 3.8) is 0 Å². The summed E-state index contributed by atoms with van der Waals surface area (Å²) in [5.41, 5.74) is 0.455. The third kappa shape index (κ3) is 7.47. The SMILES string of the molecule is CCCOc1ccc(N(CC(=O)Nc2ccc(OC(F)(F)F)cc2)S(C)(=O)=O)cc1. The number of rotatable bonds is 9. The van der Waals surface area contributed by atoms with Gasteiger partial charge in [0.2, 0.25) is 15.9 Å². The molecule has 0 fully saturated rings. The Morgan fingerprint density at radius 1 is 1.03 bits per heavy atom. The van der Waals surface area contributed by atoms with E-state index in [9.17, 15) is 26.4 Å². The van der Waals surface area contributed by atoms with Crippen LogP contribution in [0.25, 0.3) is 0 Å². The Morgan fingerprint density at radius 3 is 2.10 bits per heavy atom. The van der Waals surface area contributed by atoms with Gasteiger partial charge in [0.05, 0.1) is 18.6 Å². The summed E-state index contributed by atoms with van der Waals surface area (Å²) in [7, 11) is -3.78. The molecule has 30 heavy (non-hydrogen) atoms. The molecule has 1 N–H and O–H groups in total. The Labute approximate surface area is 172 Å². The average Bonchev–Trinajstić information content (AvgIpc) is 2.64. The van der Waals surface area contributed by atoms with Crippen LogP contribution in [0.5, 0.6) is 11.5 Å². The van der Waals surface area contributed by atoms with Crippen LogP contribution < -0.4 is 19.1 Å². The summed E-state index contributed by atoms with van der Waals surface area (Å²) in [5, 5.41) is 2.44. The van der Waals surface area contributed by atoms with E-state index in [-0.39, 0.29) is 11.4 Å². The molecule has 0 unspecified atom stereocenters. The molecule has 0 radical (unpaired) electrons. The molecule has 11 heteroatoms. The van der Waals surface area contributed by atoms with Crippen LogP contribution in [0, 0.1) is 0 Å². The van der Waals surface area contributed by atoms with Gasteiger partial charge < -0.3 is 14.8 Å². The Morgan fingerprint density at radius 2 is 1.60 bits per heavy atom. The maximum absolute atomic E-state index is 12.3. The van der Waals surface area contributed by atoms with Crippen LogP contribution in [0.15, 0.2) is 48.5 Å². The Hall–Kier alpha value is -2.95. The molecule has 0 aliphatic carbocycles. The molecule has 164 valence electrons. The zero-order valence-corrected chi connectivity index (χ0v) is 17.1. The van der Waals surface area contributed by atoms with Gasteiger partial charge in [-0.15, -0.1) is 13.2 Å². The minimum atomic E-state index is -4.82. The van der Waals surface area contributed by atoms with Gasteiger partial charge in [-0.1, -0.05) is 6.92 Å². The molecule has 0 saturated carbocycles. The summed E-state index contributed by atoms with van der Waals surface area (Å²) < 4.78 is 71.0. The van der Waals surface area contributed by atoms with Gasteiger partial charge in [-0.2, -0.15) is 0 Å². The van der Waals surface area contributed by atoms with Crippen molar-refractivity contribution in [3.8, 4) is 11.5 Å². The quantitative estimate of drug-likeness (QED) is 0.634. The standard InChI is InChI=1S/C19H21F3N2O5S/c1-3-12-28-16-10-6-15(7-11-16)24(30(2,26)27)13-18(25)23-14-4-8-17(9-5-14)29-19(20,21)22/h4-11H,3,12-13H2,1-2H3,(H,23,25). The number of sulfonamides is 1. The van der Waals surface area contributed by atoms with Crippen molar-refractivity contribution in [2.24, 2.45) is 0 Å². The Bertz CT molecular complexity index is 946. The molecule has 0 aromatic heterocycles. The number of amides is 1. The molecule has 2 aromatic rings. The maximum Gasteiger partial charge on any atom is 0.573 e. The minimum absolute atomic E-state index is 0.186. The number of halogens is 3. The lowest BCUT2D eigenvalue weighted by molar-refractivity contribution is -0.274. The summed E-state index contributed by atoms with van der Waals surface area (Å²) in [6, 6.07) is 10.7. The first-order valence-electron chi connectivity index (χ1n) is 8.84. The molecule has 2 aromatic carbocycles. The second kappa shape index (κ2) is 9.70. The second-order valence-electron chi connectivity index (χ2n) is 6.23. The monoisotopic (exact) mass is 446 g/mol. The topological polar surface area (TPSA) is 84.9 Å². The highest BCUT2D eigenvalue weighted by molar-refractivity contribution is 7.92. The predicted molar refractivity (Wildman–Crippen MR) is 106 cm³/mol. The molecule has 0 aliphatic rings. The van der Waals surface area contributed by atoms with E-state index in [2.05, 4.69) is 10.1 Å². The molecule has 0 bridgehead atoms. The van der Waals surface area contributed by atoms with Crippen LogP contribution in [0.4, 0.5) is 24.5 Å². The summed E-state index contributed by atoms with van der Waals surface area (Å²) in [4.78, 5) is 12.3. The van der Waals surface area contributed by atoms with Crippen molar-refractivity contribution < 1.29 is 35.9 Å². The molecule has 2 rings (SSSR count). The van der Waals surface area contributed by atoms with Crippen molar-refractivity contribution in [1.82, 2.24) is 0 Å². The van der Waals surface area contributed by atoms with Crippen molar-refractivity contribution >= 4 is 27.3 Å². The third-order valence-corrected chi connectivity index (χ3v) is 4.80. The number of carbonyl (C=O) groups is 1. The number of anilines is 2. The molecule has 0 spiro atoms. The lowest BCUT2D eigenvalue weighted by Gasteiger charge is -2.22.